The molecular weight excluding hydrogens is 308 g/mol. The van der Waals surface area contributed by atoms with Crippen molar-refractivity contribution in [2.24, 2.45) is 0 Å². The Balaban J connectivity index is 4.09. The van der Waals surface area contributed by atoms with E-state index in [2.05, 4.69) is 0 Å². The van der Waals surface area contributed by atoms with Gasteiger partial charge in [0.2, 0.25) is 0 Å². The Morgan fingerprint density at radius 2 is 1.06 bits per heavy atom. The number of rotatable bonds is 4. The van der Waals surface area contributed by atoms with Gasteiger partial charge in [-0.05, 0) is 0 Å². The molecule has 0 rings (SSSR count). The maximum atomic E-state index is 5.25. The first-order chi connectivity index (χ1) is 7.73. The van der Waals surface area contributed by atoms with Gasteiger partial charge in [-0.1, -0.05) is 60.6 Å². The molecule has 0 aromatic rings. The molecule has 0 saturated carbocycles. The van der Waals surface area contributed by atoms with Crippen LogP contribution in [0.4, 0.5) is 0 Å². The van der Waals surface area contributed by atoms with Crippen molar-refractivity contribution in [1.82, 2.24) is 9.80 Å². The number of thiocarbonyl (C=S) groups is 4. The lowest BCUT2D eigenvalue weighted by Crippen LogP contribution is -2.23. The molecule has 0 aliphatic heterocycles. The van der Waals surface area contributed by atoms with Crippen LogP contribution >= 0.6 is 60.6 Å². The summed E-state index contributed by atoms with van der Waals surface area (Å²) in [6.45, 7) is 0. The van der Waals surface area contributed by atoms with E-state index in [0.717, 1.165) is 18.4 Å². The largest absolute Gasteiger partial charge is 0.372 e. The first-order valence-corrected chi connectivity index (χ1v) is 7.32. The summed E-state index contributed by atoms with van der Waals surface area (Å²) in [6.07, 6.45) is 1.22. The van der Waals surface area contributed by atoms with Crippen molar-refractivity contribution in [3.63, 3.8) is 0 Å². The van der Waals surface area contributed by atoms with E-state index < -0.39 is 0 Å². The van der Waals surface area contributed by atoms with Gasteiger partial charge in [-0.15, -0.1) is 0 Å². The zero-order chi connectivity index (χ0) is 13.6. The standard InChI is InChI=1S/C10H16N2S5/c1-11(2)7(13)5-9(15)17-10(16)6-8(14)12(3)4/h5-6H2,1-4H3. The van der Waals surface area contributed by atoms with E-state index in [4.69, 9.17) is 48.9 Å². The van der Waals surface area contributed by atoms with Gasteiger partial charge in [-0.2, -0.15) is 0 Å². The number of hydrogen-bond donors (Lipinski definition) is 0. The van der Waals surface area contributed by atoms with Crippen LogP contribution in [0.25, 0.3) is 0 Å². The van der Waals surface area contributed by atoms with Crippen LogP contribution in [0.3, 0.4) is 0 Å². The van der Waals surface area contributed by atoms with Crippen LogP contribution in [0.15, 0.2) is 0 Å². The fourth-order valence-electron chi connectivity index (χ4n) is 0.762. The molecule has 0 fully saturated rings. The molecule has 0 unspecified atom stereocenters. The van der Waals surface area contributed by atoms with E-state index in [1.54, 1.807) is 0 Å². The Kier molecular flexibility index (Phi) is 8.57. The Morgan fingerprint density at radius 1 is 0.765 bits per heavy atom. The van der Waals surface area contributed by atoms with Crippen molar-refractivity contribution in [2.45, 2.75) is 12.8 Å². The molecule has 17 heavy (non-hydrogen) atoms. The third-order valence-electron chi connectivity index (χ3n) is 1.82. The summed E-state index contributed by atoms with van der Waals surface area (Å²) < 4.78 is 1.60. The second kappa shape index (κ2) is 8.42. The minimum absolute atomic E-state index is 0.608. The van der Waals surface area contributed by atoms with E-state index in [1.165, 1.54) is 11.8 Å². The van der Waals surface area contributed by atoms with Gasteiger partial charge >= 0.3 is 0 Å². The van der Waals surface area contributed by atoms with E-state index in [1.807, 2.05) is 38.0 Å². The van der Waals surface area contributed by atoms with E-state index in [-0.39, 0.29) is 0 Å². The Morgan fingerprint density at radius 3 is 1.29 bits per heavy atom. The highest BCUT2D eigenvalue weighted by Gasteiger charge is 2.10. The molecule has 0 spiro atoms. The van der Waals surface area contributed by atoms with Crippen molar-refractivity contribution < 1.29 is 0 Å². The van der Waals surface area contributed by atoms with E-state index in [0.29, 0.717) is 12.8 Å². The van der Waals surface area contributed by atoms with Crippen LogP contribution in [-0.4, -0.2) is 56.4 Å². The highest BCUT2D eigenvalue weighted by Crippen LogP contribution is 2.15. The fourth-order valence-corrected chi connectivity index (χ4v) is 3.12. The molecule has 0 aromatic carbocycles. The van der Waals surface area contributed by atoms with Crippen LogP contribution in [0.5, 0.6) is 0 Å². The van der Waals surface area contributed by atoms with Gasteiger partial charge < -0.3 is 9.80 Å². The normalized spacial score (nSPS) is 9.65. The molecule has 0 heterocycles. The molecule has 0 N–H and O–H groups in total. The number of thioether (sulfide) groups is 1. The van der Waals surface area contributed by atoms with Crippen LogP contribution in [0.2, 0.25) is 0 Å². The maximum Gasteiger partial charge on any atom is 0.0832 e. The molecule has 96 valence electrons. The predicted molar refractivity (Wildman–Crippen MR) is 94.6 cm³/mol. The summed E-state index contributed by atoms with van der Waals surface area (Å²) >= 11 is 22.3. The Labute approximate surface area is 129 Å². The first kappa shape index (κ1) is 17.3. The summed E-state index contributed by atoms with van der Waals surface area (Å²) in [5.74, 6) is 0. The Bertz CT molecular complexity index is 304. The molecule has 7 heteroatoms. The highest BCUT2D eigenvalue weighted by atomic mass is 32.2. The number of nitrogens with zero attached hydrogens (tertiary/aromatic N) is 2. The molecular formula is C10H16N2S5. The molecule has 0 radical (unpaired) electrons. The smallest absolute Gasteiger partial charge is 0.0832 e. The van der Waals surface area contributed by atoms with Gasteiger partial charge in [0.25, 0.3) is 0 Å². The molecule has 0 atom stereocenters. The minimum Gasteiger partial charge on any atom is -0.372 e. The SMILES string of the molecule is CN(C)C(=S)CC(=S)SC(=S)CC(=S)N(C)C. The summed E-state index contributed by atoms with van der Waals surface area (Å²) in [6, 6.07) is 0. The summed E-state index contributed by atoms with van der Waals surface area (Å²) in [5, 5.41) is 0. The molecule has 0 saturated heterocycles. The zero-order valence-corrected chi connectivity index (χ0v) is 14.4. The van der Waals surface area contributed by atoms with Gasteiger partial charge in [0, 0.05) is 41.0 Å². The van der Waals surface area contributed by atoms with Gasteiger partial charge in [0.05, 0.1) is 18.4 Å². The number of hydrogen-bond acceptors (Lipinski definition) is 5. The van der Waals surface area contributed by atoms with Crippen LogP contribution in [-0.2, 0) is 0 Å². The summed E-state index contributed by atoms with van der Waals surface area (Å²) in [5.41, 5.74) is 0. The third kappa shape index (κ3) is 8.10. The average molecular weight is 325 g/mol. The summed E-state index contributed by atoms with van der Waals surface area (Å²) in [4.78, 5) is 5.41. The molecule has 0 aliphatic carbocycles. The van der Waals surface area contributed by atoms with Crippen molar-refractivity contribution >= 4 is 79.0 Å². The molecule has 0 amide bonds. The summed E-state index contributed by atoms with van der Waals surface area (Å²) in [7, 11) is 7.65. The van der Waals surface area contributed by atoms with Crippen LogP contribution in [0, 0.1) is 0 Å². The van der Waals surface area contributed by atoms with Crippen molar-refractivity contribution in [3.8, 4) is 0 Å². The topological polar surface area (TPSA) is 6.48 Å². The van der Waals surface area contributed by atoms with Crippen LogP contribution in [0.1, 0.15) is 12.8 Å². The van der Waals surface area contributed by atoms with Gasteiger partial charge in [0.1, 0.15) is 0 Å². The van der Waals surface area contributed by atoms with Gasteiger partial charge in [-0.25, -0.2) is 0 Å². The predicted octanol–water partition coefficient (Wildman–Crippen LogP) is 2.93. The monoisotopic (exact) mass is 324 g/mol. The first-order valence-electron chi connectivity index (χ1n) is 4.88. The van der Waals surface area contributed by atoms with Crippen LogP contribution < -0.4 is 0 Å². The Hall–Kier alpha value is 0.310. The van der Waals surface area contributed by atoms with Crippen molar-refractivity contribution in [3.05, 3.63) is 0 Å². The fraction of sp³-hybridized carbons (Fsp3) is 0.600. The van der Waals surface area contributed by atoms with E-state index in [9.17, 15) is 0 Å². The quantitative estimate of drug-likeness (QED) is 0.724. The molecule has 0 aromatic heterocycles. The van der Waals surface area contributed by atoms with Crippen molar-refractivity contribution in [2.75, 3.05) is 28.2 Å². The highest BCUT2D eigenvalue weighted by molar-refractivity contribution is 8.38. The molecule has 2 nitrogen and oxygen atoms in total. The lowest BCUT2D eigenvalue weighted by molar-refractivity contribution is 0.628. The second-order valence-corrected chi connectivity index (χ2v) is 7.41. The van der Waals surface area contributed by atoms with Gasteiger partial charge in [-0.3, -0.25) is 0 Å². The molecule has 0 bridgehead atoms. The van der Waals surface area contributed by atoms with Crippen molar-refractivity contribution in [1.29, 1.82) is 0 Å². The zero-order valence-electron chi connectivity index (χ0n) is 10.3. The maximum absolute atomic E-state index is 5.25. The third-order valence-corrected chi connectivity index (χ3v) is 4.37. The van der Waals surface area contributed by atoms with Gasteiger partial charge in [0.15, 0.2) is 0 Å². The lowest BCUT2D eigenvalue weighted by atomic mass is 10.4. The lowest BCUT2D eigenvalue weighted by Gasteiger charge is -2.15. The second-order valence-electron chi connectivity index (χ2n) is 3.78. The minimum atomic E-state index is 0.608. The van der Waals surface area contributed by atoms with E-state index >= 15 is 0 Å². The molecule has 0 aliphatic rings. The average Bonchev–Trinajstić information content (AvgIpc) is 2.16.